The zero-order valence-corrected chi connectivity index (χ0v) is 12.5. The second-order valence-electron chi connectivity index (χ2n) is 6.07. The zero-order chi connectivity index (χ0) is 15.0. The molecule has 0 spiro atoms. The number of carboxylic acids is 1. The van der Waals surface area contributed by atoms with Crippen molar-refractivity contribution in [2.24, 2.45) is 23.5 Å². The molecule has 0 fully saturated rings. The maximum absolute atomic E-state index is 11.8. The van der Waals surface area contributed by atoms with Gasteiger partial charge >= 0.3 is 5.97 Å². The fourth-order valence-electron chi connectivity index (χ4n) is 2.14. The SMILES string of the molecule is CC(C)CC(N)C(=O)NC[C@H](CC(=O)O)CC(C)C. The van der Waals surface area contributed by atoms with Crippen molar-refractivity contribution in [3.05, 3.63) is 0 Å². The van der Waals surface area contributed by atoms with E-state index in [0.717, 1.165) is 6.42 Å². The van der Waals surface area contributed by atoms with Gasteiger partial charge in [-0.25, -0.2) is 0 Å². The molecule has 0 aliphatic rings. The number of carboxylic acid groups (broad SMARTS) is 1. The Balaban J connectivity index is 4.22. The Kier molecular flexibility index (Phi) is 8.39. The third-order valence-electron chi connectivity index (χ3n) is 2.90. The van der Waals surface area contributed by atoms with E-state index in [9.17, 15) is 9.59 Å². The van der Waals surface area contributed by atoms with Crippen LogP contribution in [0.3, 0.4) is 0 Å². The normalized spacial score (nSPS) is 14.5. The molecule has 4 N–H and O–H groups in total. The van der Waals surface area contributed by atoms with Crippen molar-refractivity contribution in [2.75, 3.05) is 6.54 Å². The first-order chi connectivity index (χ1) is 8.72. The van der Waals surface area contributed by atoms with Crippen LogP contribution in [0.4, 0.5) is 0 Å². The molecule has 0 rings (SSSR count). The van der Waals surface area contributed by atoms with Crippen molar-refractivity contribution in [2.45, 2.75) is 53.0 Å². The monoisotopic (exact) mass is 272 g/mol. The summed E-state index contributed by atoms with van der Waals surface area (Å²) in [5.74, 6) is -0.274. The number of amides is 1. The van der Waals surface area contributed by atoms with Crippen LogP contribution in [0, 0.1) is 17.8 Å². The van der Waals surface area contributed by atoms with E-state index in [2.05, 4.69) is 5.32 Å². The molecule has 0 aromatic heterocycles. The largest absolute Gasteiger partial charge is 0.481 e. The van der Waals surface area contributed by atoms with Crippen LogP contribution in [-0.4, -0.2) is 29.6 Å². The number of rotatable bonds is 9. The molecule has 1 amide bonds. The van der Waals surface area contributed by atoms with E-state index >= 15 is 0 Å². The third kappa shape index (κ3) is 9.47. The second-order valence-corrected chi connectivity index (χ2v) is 6.07. The van der Waals surface area contributed by atoms with Gasteiger partial charge in [-0.3, -0.25) is 9.59 Å². The van der Waals surface area contributed by atoms with Gasteiger partial charge in [0.15, 0.2) is 0 Å². The summed E-state index contributed by atoms with van der Waals surface area (Å²) in [6, 6.07) is -0.510. The van der Waals surface area contributed by atoms with Crippen molar-refractivity contribution in [1.29, 1.82) is 0 Å². The number of hydrogen-bond donors (Lipinski definition) is 3. The lowest BCUT2D eigenvalue weighted by Crippen LogP contribution is -2.43. The minimum absolute atomic E-state index is 0.0345. The van der Waals surface area contributed by atoms with Gasteiger partial charge in [0, 0.05) is 13.0 Å². The third-order valence-corrected chi connectivity index (χ3v) is 2.90. The number of carbonyl (C=O) groups excluding carboxylic acids is 1. The Hall–Kier alpha value is -1.10. The first-order valence-corrected chi connectivity index (χ1v) is 6.97. The Labute approximate surface area is 115 Å². The summed E-state index contributed by atoms with van der Waals surface area (Å²) in [5, 5.41) is 11.6. The summed E-state index contributed by atoms with van der Waals surface area (Å²) in [5.41, 5.74) is 5.78. The van der Waals surface area contributed by atoms with Crippen LogP contribution in [0.5, 0.6) is 0 Å². The van der Waals surface area contributed by atoms with Gasteiger partial charge in [0.05, 0.1) is 6.04 Å². The predicted octanol–water partition coefficient (Wildman–Crippen LogP) is 1.61. The van der Waals surface area contributed by atoms with Gasteiger partial charge in [0.25, 0.3) is 0 Å². The highest BCUT2D eigenvalue weighted by molar-refractivity contribution is 5.81. The minimum Gasteiger partial charge on any atom is -0.481 e. The van der Waals surface area contributed by atoms with Crippen LogP contribution in [-0.2, 0) is 9.59 Å². The summed E-state index contributed by atoms with van der Waals surface area (Å²) >= 11 is 0. The quantitative estimate of drug-likeness (QED) is 0.594. The highest BCUT2D eigenvalue weighted by Crippen LogP contribution is 2.15. The van der Waals surface area contributed by atoms with E-state index < -0.39 is 12.0 Å². The topological polar surface area (TPSA) is 92.4 Å². The van der Waals surface area contributed by atoms with E-state index in [1.54, 1.807) is 0 Å². The molecule has 0 aromatic carbocycles. The van der Waals surface area contributed by atoms with Gasteiger partial charge in [0.1, 0.15) is 0 Å². The summed E-state index contributed by atoms with van der Waals surface area (Å²) in [4.78, 5) is 22.5. The molecule has 0 aromatic rings. The average molecular weight is 272 g/mol. The van der Waals surface area contributed by atoms with Gasteiger partial charge in [-0.05, 0) is 30.6 Å². The predicted molar refractivity (Wildman–Crippen MR) is 75.6 cm³/mol. The van der Waals surface area contributed by atoms with Crippen molar-refractivity contribution in [1.82, 2.24) is 5.32 Å². The van der Waals surface area contributed by atoms with Crippen LogP contribution in [0.25, 0.3) is 0 Å². The second kappa shape index (κ2) is 8.91. The van der Waals surface area contributed by atoms with Crippen molar-refractivity contribution < 1.29 is 14.7 Å². The van der Waals surface area contributed by atoms with Crippen molar-refractivity contribution in [3.63, 3.8) is 0 Å². The molecule has 0 saturated carbocycles. The molecule has 2 atom stereocenters. The number of aliphatic carboxylic acids is 1. The molecule has 5 nitrogen and oxygen atoms in total. The molecule has 0 saturated heterocycles. The number of hydrogen-bond acceptors (Lipinski definition) is 3. The molecule has 1 unspecified atom stereocenters. The Morgan fingerprint density at radius 3 is 2.05 bits per heavy atom. The molecule has 0 aliphatic heterocycles. The van der Waals surface area contributed by atoms with E-state index in [-0.39, 0.29) is 18.2 Å². The maximum atomic E-state index is 11.8. The number of carbonyl (C=O) groups is 2. The van der Waals surface area contributed by atoms with Gasteiger partial charge in [0.2, 0.25) is 5.91 Å². The first kappa shape index (κ1) is 17.9. The van der Waals surface area contributed by atoms with Gasteiger partial charge < -0.3 is 16.2 Å². The first-order valence-electron chi connectivity index (χ1n) is 6.97. The zero-order valence-electron chi connectivity index (χ0n) is 12.5. The van der Waals surface area contributed by atoms with Gasteiger partial charge in [-0.2, -0.15) is 0 Å². The molecule has 5 heteroatoms. The van der Waals surface area contributed by atoms with Crippen LogP contribution >= 0.6 is 0 Å². The lowest BCUT2D eigenvalue weighted by atomic mass is 9.94. The fourth-order valence-corrected chi connectivity index (χ4v) is 2.14. The molecule has 112 valence electrons. The highest BCUT2D eigenvalue weighted by atomic mass is 16.4. The molecular weight excluding hydrogens is 244 g/mol. The molecule has 0 heterocycles. The van der Waals surface area contributed by atoms with Crippen molar-refractivity contribution >= 4 is 11.9 Å². The maximum Gasteiger partial charge on any atom is 0.303 e. The smallest absolute Gasteiger partial charge is 0.303 e. The molecular formula is C14H28N2O3. The lowest BCUT2D eigenvalue weighted by Gasteiger charge is -2.20. The van der Waals surface area contributed by atoms with E-state index in [0.29, 0.717) is 24.8 Å². The molecule has 0 aliphatic carbocycles. The van der Waals surface area contributed by atoms with Crippen LogP contribution < -0.4 is 11.1 Å². The van der Waals surface area contributed by atoms with E-state index in [1.807, 2.05) is 27.7 Å². The van der Waals surface area contributed by atoms with E-state index in [4.69, 9.17) is 10.8 Å². The Morgan fingerprint density at radius 2 is 1.63 bits per heavy atom. The summed E-state index contributed by atoms with van der Waals surface area (Å²) < 4.78 is 0. The summed E-state index contributed by atoms with van der Waals surface area (Å²) in [7, 11) is 0. The number of nitrogens with two attached hydrogens (primary N) is 1. The lowest BCUT2D eigenvalue weighted by molar-refractivity contribution is -0.138. The molecule has 0 radical (unpaired) electrons. The van der Waals surface area contributed by atoms with E-state index in [1.165, 1.54) is 0 Å². The van der Waals surface area contributed by atoms with Crippen LogP contribution in [0.2, 0.25) is 0 Å². The Morgan fingerprint density at radius 1 is 1.11 bits per heavy atom. The standard InChI is InChI=1S/C14H28N2O3/c1-9(2)5-11(7-13(17)18)8-16-14(19)12(15)6-10(3)4/h9-12H,5-8,15H2,1-4H3,(H,16,19)(H,17,18)/t11-,12?/m0/s1. The number of nitrogens with one attached hydrogen (secondary N) is 1. The average Bonchev–Trinajstić information content (AvgIpc) is 2.22. The van der Waals surface area contributed by atoms with Crippen LogP contribution in [0.1, 0.15) is 47.0 Å². The van der Waals surface area contributed by atoms with Crippen molar-refractivity contribution in [3.8, 4) is 0 Å². The van der Waals surface area contributed by atoms with Crippen LogP contribution in [0.15, 0.2) is 0 Å². The van der Waals surface area contributed by atoms with Gasteiger partial charge in [-0.1, -0.05) is 27.7 Å². The molecule has 19 heavy (non-hydrogen) atoms. The minimum atomic E-state index is -0.827. The summed E-state index contributed by atoms with van der Waals surface area (Å²) in [6.07, 6.45) is 1.50. The summed E-state index contributed by atoms with van der Waals surface area (Å²) in [6.45, 7) is 8.50. The molecule has 0 bridgehead atoms. The highest BCUT2D eigenvalue weighted by Gasteiger charge is 2.19. The van der Waals surface area contributed by atoms with Gasteiger partial charge in [-0.15, -0.1) is 0 Å². The fraction of sp³-hybridized carbons (Fsp3) is 0.857. The Bertz CT molecular complexity index is 290.